The van der Waals surface area contributed by atoms with Gasteiger partial charge in [-0.15, -0.1) is 11.8 Å². The summed E-state index contributed by atoms with van der Waals surface area (Å²) in [5.74, 6) is -0.475. The zero-order valence-corrected chi connectivity index (χ0v) is 13.7. The van der Waals surface area contributed by atoms with Gasteiger partial charge >= 0.3 is 5.97 Å². The van der Waals surface area contributed by atoms with E-state index in [0.29, 0.717) is 12.3 Å². The summed E-state index contributed by atoms with van der Waals surface area (Å²) in [6, 6.07) is 7.25. The molecule has 0 saturated heterocycles. The molecule has 0 radical (unpaired) electrons. The maximum absolute atomic E-state index is 12.2. The van der Waals surface area contributed by atoms with Crippen molar-refractivity contribution in [3.8, 4) is 0 Å². The van der Waals surface area contributed by atoms with Gasteiger partial charge in [0.2, 0.25) is 5.91 Å². The Bertz CT molecular complexity index is 509. The maximum Gasteiger partial charge on any atom is 0.305 e. The van der Waals surface area contributed by atoms with Crippen molar-refractivity contribution in [2.24, 2.45) is 5.92 Å². The Balaban J connectivity index is 2.00. The van der Waals surface area contributed by atoms with Crippen LogP contribution in [0.3, 0.4) is 0 Å². The summed E-state index contributed by atoms with van der Waals surface area (Å²) in [6.45, 7) is 0. The first-order valence-electron chi connectivity index (χ1n) is 7.73. The van der Waals surface area contributed by atoms with E-state index < -0.39 is 12.0 Å². The molecule has 4 nitrogen and oxygen atoms in total. The molecule has 5 heteroatoms. The Hall–Kier alpha value is -1.49. The molecular formula is C17H23NO3S. The molecule has 0 spiro atoms. The van der Waals surface area contributed by atoms with Gasteiger partial charge in [-0.25, -0.2) is 0 Å². The van der Waals surface area contributed by atoms with Crippen LogP contribution < -0.4 is 5.32 Å². The predicted octanol–water partition coefficient (Wildman–Crippen LogP) is 3.62. The zero-order valence-electron chi connectivity index (χ0n) is 12.9. The van der Waals surface area contributed by atoms with Crippen molar-refractivity contribution in [1.82, 2.24) is 5.32 Å². The van der Waals surface area contributed by atoms with Crippen molar-refractivity contribution in [3.63, 3.8) is 0 Å². The lowest BCUT2D eigenvalue weighted by Crippen LogP contribution is -2.31. The number of rotatable bonds is 7. The number of benzene rings is 1. The highest BCUT2D eigenvalue weighted by Gasteiger charge is 2.22. The Morgan fingerprint density at radius 2 is 1.91 bits per heavy atom. The van der Waals surface area contributed by atoms with Crippen LogP contribution >= 0.6 is 11.8 Å². The van der Waals surface area contributed by atoms with Crippen LogP contribution in [0.4, 0.5) is 0 Å². The fourth-order valence-corrected chi connectivity index (χ4v) is 3.40. The van der Waals surface area contributed by atoms with Gasteiger partial charge in [-0.2, -0.15) is 0 Å². The minimum absolute atomic E-state index is 0.0351. The molecule has 0 bridgehead atoms. The molecule has 2 N–H and O–H groups in total. The van der Waals surface area contributed by atoms with Gasteiger partial charge in [-0.3, -0.25) is 9.59 Å². The molecular weight excluding hydrogens is 298 g/mol. The van der Waals surface area contributed by atoms with Gasteiger partial charge in [-0.05, 0) is 42.7 Å². The molecule has 22 heavy (non-hydrogen) atoms. The fraction of sp³-hybridized carbons (Fsp3) is 0.529. The molecule has 120 valence electrons. The second kappa shape index (κ2) is 8.22. The van der Waals surface area contributed by atoms with Crippen molar-refractivity contribution in [2.45, 2.75) is 49.5 Å². The van der Waals surface area contributed by atoms with E-state index in [1.165, 1.54) is 12.8 Å². The topological polar surface area (TPSA) is 66.4 Å². The molecule has 1 aliphatic carbocycles. The lowest BCUT2D eigenvalue weighted by Gasteiger charge is -2.19. The SMILES string of the molecule is CSc1ccc(C(CC(=O)O)NC(=O)CC2CCCC2)cc1. The molecule has 1 atom stereocenters. The van der Waals surface area contributed by atoms with Crippen molar-refractivity contribution in [1.29, 1.82) is 0 Å². The standard InChI is InChI=1S/C17H23NO3S/c1-22-14-8-6-13(7-9-14)15(11-17(20)21)18-16(19)10-12-4-2-3-5-12/h6-9,12,15H,2-5,10-11H2,1H3,(H,18,19)(H,20,21). The van der Waals surface area contributed by atoms with Gasteiger partial charge in [-0.1, -0.05) is 25.0 Å². The number of carbonyl (C=O) groups excluding carboxylic acids is 1. The van der Waals surface area contributed by atoms with Gasteiger partial charge in [0.15, 0.2) is 0 Å². The molecule has 1 aromatic carbocycles. The largest absolute Gasteiger partial charge is 0.481 e. The van der Waals surface area contributed by atoms with Gasteiger partial charge in [0.05, 0.1) is 12.5 Å². The van der Waals surface area contributed by atoms with Crippen LogP contribution in [0.15, 0.2) is 29.2 Å². The molecule has 1 amide bonds. The Morgan fingerprint density at radius 1 is 1.27 bits per heavy atom. The third-order valence-electron chi connectivity index (χ3n) is 4.18. The second-order valence-corrected chi connectivity index (χ2v) is 6.73. The molecule has 0 heterocycles. The number of thioether (sulfide) groups is 1. The number of carbonyl (C=O) groups is 2. The Kier molecular flexibility index (Phi) is 6.31. The highest BCUT2D eigenvalue weighted by Crippen LogP contribution is 2.28. The molecule has 1 fully saturated rings. The molecule has 1 unspecified atom stereocenters. The summed E-state index contributed by atoms with van der Waals surface area (Å²) in [7, 11) is 0. The molecule has 0 aliphatic heterocycles. The summed E-state index contributed by atoms with van der Waals surface area (Å²) >= 11 is 1.63. The Morgan fingerprint density at radius 3 is 2.45 bits per heavy atom. The van der Waals surface area contributed by atoms with E-state index in [-0.39, 0.29) is 12.3 Å². The van der Waals surface area contributed by atoms with Crippen LogP contribution in [0.5, 0.6) is 0 Å². The van der Waals surface area contributed by atoms with Gasteiger partial charge in [0.25, 0.3) is 0 Å². The number of amides is 1. The smallest absolute Gasteiger partial charge is 0.305 e. The highest BCUT2D eigenvalue weighted by atomic mass is 32.2. The Labute approximate surface area is 135 Å². The molecule has 1 aromatic rings. The third-order valence-corrected chi connectivity index (χ3v) is 4.92. The van der Waals surface area contributed by atoms with Crippen LogP contribution in [0.1, 0.15) is 50.1 Å². The lowest BCUT2D eigenvalue weighted by atomic mass is 10.0. The van der Waals surface area contributed by atoms with E-state index in [9.17, 15) is 9.59 Å². The zero-order chi connectivity index (χ0) is 15.9. The number of hydrogen-bond acceptors (Lipinski definition) is 3. The third kappa shape index (κ3) is 5.05. The number of carboxylic acids is 1. The average Bonchev–Trinajstić information content (AvgIpc) is 2.99. The van der Waals surface area contributed by atoms with Crippen LogP contribution in [0.25, 0.3) is 0 Å². The van der Waals surface area contributed by atoms with Crippen LogP contribution in [0.2, 0.25) is 0 Å². The van der Waals surface area contributed by atoms with Crippen molar-refractivity contribution in [3.05, 3.63) is 29.8 Å². The highest BCUT2D eigenvalue weighted by molar-refractivity contribution is 7.98. The van der Waals surface area contributed by atoms with Gasteiger partial charge in [0.1, 0.15) is 0 Å². The quantitative estimate of drug-likeness (QED) is 0.753. The van der Waals surface area contributed by atoms with Gasteiger partial charge < -0.3 is 10.4 Å². The molecule has 1 aliphatic rings. The molecule has 0 aromatic heterocycles. The lowest BCUT2D eigenvalue weighted by molar-refractivity contribution is -0.137. The summed E-state index contributed by atoms with van der Waals surface area (Å²) < 4.78 is 0. The molecule has 1 saturated carbocycles. The first kappa shape index (κ1) is 16.9. The first-order valence-corrected chi connectivity index (χ1v) is 8.96. The van der Waals surface area contributed by atoms with E-state index in [1.807, 2.05) is 30.5 Å². The first-order chi connectivity index (χ1) is 10.6. The minimum Gasteiger partial charge on any atom is -0.481 e. The predicted molar refractivity (Wildman–Crippen MR) is 87.9 cm³/mol. The van der Waals surface area contributed by atoms with Crippen molar-refractivity contribution in [2.75, 3.05) is 6.26 Å². The van der Waals surface area contributed by atoms with E-state index >= 15 is 0 Å². The maximum atomic E-state index is 12.2. The van der Waals surface area contributed by atoms with Crippen molar-refractivity contribution >= 4 is 23.6 Å². The summed E-state index contributed by atoms with van der Waals surface area (Å²) in [6.07, 6.45) is 7.04. The average molecular weight is 321 g/mol. The normalized spacial score (nSPS) is 16.4. The van der Waals surface area contributed by atoms with E-state index in [1.54, 1.807) is 11.8 Å². The number of nitrogens with one attached hydrogen (secondary N) is 1. The summed E-state index contributed by atoms with van der Waals surface area (Å²) in [5.41, 5.74) is 0.847. The van der Waals surface area contributed by atoms with Gasteiger partial charge in [0, 0.05) is 11.3 Å². The van der Waals surface area contributed by atoms with Crippen LogP contribution in [-0.4, -0.2) is 23.2 Å². The molecule has 2 rings (SSSR count). The number of hydrogen-bond donors (Lipinski definition) is 2. The monoisotopic (exact) mass is 321 g/mol. The second-order valence-electron chi connectivity index (χ2n) is 5.85. The minimum atomic E-state index is -0.903. The van der Waals surface area contributed by atoms with Crippen LogP contribution in [-0.2, 0) is 9.59 Å². The van der Waals surface area contributed by atoms with Crippen LogP contribution in [0, 0.1) is 5.92 Å². The van der Waals surface area contributed by atoms with E-state index in [0.717, 1.165) is 23.3 Å². The van der Waals surface area contributed by atoms with E-state index in [2.05, 4.69) is 5.32 Å². The summed E-state index contributed by atoms with van der Waals surface area (Å²) in [5, 5.41) is 12.0. The van der Waals surface area contributed by atoms with E-state index in [4.69, 9.17) is 5.11 Å². The van der Waals surface area contributed by atoms with Crippen molar-refractivity contribution < 1.29 is 14.7 Å². The summed E-state index contributed by atoms with van der Waals surface area (Å²) in [4.78, 5) is 24.4. The number of aliphatic carboxylic acids is 1. The number of carboxylic acid groups (broad SMARTS) is 1. The fourth-order valence-electron chi connectivity index (χ4n) is 2.99.